The molecule has 1 aromatic heterocycles. The second-order valence-electron chi connectivity index (χ2n) is 6.25. The van der Waals surface area contributed by atoms with Gasteiger partial charge in [-0.15, -0.1) is 0 Å². The number of benzene rings is 1. The molecular formula is C19H24N2O3. The fraction of sp³-hybridized carbons (Fsp3) is 0.368. The number of carbonyl (C=O) groups is 2. The average Bonchev–Trinajstić information content (AvgIpc) is 2.83. The van der Waals surface area contributed by atoms with Crippen molar-refractivity contribution >= 4 is 11.9 Å². The minimum Gasteiger partial charge on any atom is -0.481 e. The molecule has 0 fully saturated rings. The molecule has 0 saturated carbocycles. The molecule has 1 amide bonds. The van der Waals surface area contributed by atoms with Gasteiger partial charge in [-0.3, -0.25) is 9.59 Å². The second-order valence-corrected chi connectivity index (χ2v) is 6.25. The molecule has 5 nitrogen and oxygen atoms in total. The molecule has 2 N–H and O–H groups in total. The minimum absolute atomic E-state index is 0.233. The standard InChI is InChI=1S/C19H24N2O3/c1-12-10-17(18(22)20-14(3)13(2)19(23)24)15(4)21(12)11-16-8-6-5-7-9-16/h5-10,13-14H,11H2,1-4H3,(H,20,22)(H,23,24). The van der Waals surface area contributed by atoms with E-state index in [-0.39, 0.29) is 5.91 Å². The van der Waals surface area contributed by atoms with Crippen LogP contribution in [0.25, 0.3) is 0 Å². The SMILES string of the molecule is Cc1cc(C(=O)NC(C)C(C)C(=O)O)c(C)n1Cc1ccccc1. The third-order valence-corrected chi connectivity index (χ3v) is 4.50. The largest absolute Gasteiger partial charge is 0.481 e. The number of aliphatic carboxylic acids is 1. The maximum atomic E-state index is 12.5. The Labute approximate surface area is 142 Å². The highest BCUT2D eigenvalue weighted by molar-refractivity contribution is 5.96. The number of aryl methyl sites for hydroxylation is 1. The van der Waals surface area contributed by atoms with Crippen LogP contribution in [0.2, 0.25) is 0 Å². The van der Waals surface area contributed by atoms with Crippen molar-refractivity contribution in [2.75, 3.05) is 0 Å². The summed E-state index contributed by atoms with van der Waals surface area (Å²) in [7, 11) is 0. The van der Waals surface area contributed by atoms with Crippen LogP contribution in [0.4, 0.5) is 0 Å². The van der Waals surface area contributed by atoms with E-state index >= 15 is 0 Å². The van der Waals surface area contributed by atoms with Gasteiger partial charge in [0, 0.05) is 24.0 Å². The predicted octanol–water partition coefficient (Wildman–Crippen LogP) is 2.99. The summed E-state index contributed by atoms with van der Waals surface area (Å²) in [6, 6.07) is 11.5. The molecule has 0 aliphatic carbocycles. The highest BCUT2D eigenvalue weighted by Crippen LogP contribution is 2.18. The first-order valence-electron chi connectivity index (χ1n) is 8.05. The van der Waals surface area contributed by atoms with Gasteiger partial charge in [0.15, 0.2) is 0 Å². The molecule has 2 rings (SSSR count). The highest BCUT2D eigenvalue weighted by atomic mass is 16.4. The van der Waals surface area contributed by atoms with Crippen molar-refractivity contribution in [2.45, 2.75) is 40.3 Å². The smallest absolute Gasteiger partial charge is 0.308 e. The molecular weight excluding hydrogens is 304 g/mol. The van der Waals surface area contributed by atoms with E-state index in [1.54, 1.807) is 13.8 Å². The Morgan fingerprint density at radius 3 is 2.38 bits per heavy atom. The van der Waals surface area contributed by atoms with Crippen LogP contribution < -0.4 is 5.32 Å². The van der Waals surface area contributed by atoms with Crippen molar-refractivity contribution in [3.05, 3.63) is 58.9 Å². The molecule has 128 valence electrons. The fourth-order valence-electron chi connectivity index (χ4n) is 2.66. The Morgan fingerprint density at radius 2 is 1.79 bits per heavy atom. The van der Waals surface area contributed by atoms with E-state index in [1.165, 1.54) is 5.56 Å². The summed E-state index contributed by atoms with van der Waals surface area (Å²) >= 11 is 0. The van der Waals surface area contributed by atoms with E-state index in [4.69, 9.17) is 5.11 Å². The van der Waals surface area contributed by atoms with Crippen molar-refractivity contribution in [3.8, 4) is 0 Å². The van der Waals surface area contributed by atoms with Crippen LogP contribution >= 0.6 is 0 Å². The quantitative estimate of drug-likeness (QED) is 0.856. The zero-order valence-corrected chi connectivity index (χ0v) is 14.5. The summed E-state index contributed by atoms with van der Waals surface area (Å²) in [6.07, 6.45) is 0. The molecule has 0 radical (unpaired) electrons. The molecule has 0 bridgehead atoms. The van der Waals surface area contributed by atoms with Crippen LogP contribution in [0.5, 0.6) is 0 Å². The van der Waals surface area contributed by atoms with E-state index in [9.17, 15) is 9.59 Å². The molecule has 0 spiro atoms. The number of amides is 1. The van der Waals surface area contributed by atoms with Crippen molar-refractivity contribution < 1.29 is 14.7 Å². The Morgan fingerprint density at radius 1 is 1.17 bits per heavy atom. The fourth-order valence-corrected chi connectivity index (χ4v) is 2.66. The minimum atomic E-state index is -0.919. The summed E-state index contributed by atoms with van der Waals surface area (Å²) in [5.74, 6) is -1.79. The molecule has 0 saturated heterocycles. The molecule has 2 aromatic rings. The first-order chi connectivity index (χ1) is 11.3. The Bertz CT molecular complexity index is 735. The van der Waals surface area contributed by atoms with Gasteiger partial charge < -0.3 is 15.0 Å². The van der Waals surface area contributed by atoms with Crippen LogP contribution in [-0.4, -0.2) is 27.6 Å². The van der Waals surface area contributed by atoms with Crippen LogP contribution in [0.3, 0.4) is 0 Å². The van der Waals surface area contributed by atoms with Gasteiger partial charge in [0.05, 0.1) is 11.5 Å². The zero-order valence-electron chi connectivity index (χ0n) is 14.5. The zero-order chi connectivity index (χ0) is 17.9. The molecule has 2 atom stereocenters. The van der Waals surface area contributed by atoms with Gasteiger partial charge in [0.2, 0.25) is 0 Å². The van der Waals surface area contributed by atoms with E-state index in [1.807, 2.05) is 38.1 Å². The Hall–Kier alpha value is -2.56. The molecule has 0 aliphatic heterocycles. The third kappa shape index (κ3) is 3.85. The van der Waals surface area contributed by atoms with Crippen LogP contribution in [0.1, 0.15) is 41.2 Å². The summed E-state index contributed by atoms with van der Waals surface area (Å²) in [4.78, 5) is 23.5. The number of nitrogens with zero attached hydrogens (tertiary/aromatic N) is 1. The number of aromatic nitrogens is 1. The number of rotatable bonds is 6. The molecule has 1 aromatic carbocycles. The lowest BCUT2D eigenvalue weighted by Crippen LogP contribution is -2.40. The summed E-state index contributed by atoms with van der Waals surface area (Å²) in [5.41, 5.74) is 3.64. The number of nitrogens with one attached hydrogen (secondary N) is 1. The molecule has 1 heterocycles. The van der Waals surface area contributed by atoms with E-state index in [0.29, 0.717) is 12.1 Å². The highest BCUT2D eigenvalue weighted by Gasteiger charge is 2.23. The third-order valence-electron chi connectivity index (χ3n) is 4.50. The lowest BCUT2D eigenvalue weighted by molar-refractivity contribution is -0.141. The number of carboxylic acids is 1. The van der Waals surface area contributed by atoms with Crippen molar-refractivity contribution in [1.29, 1.82) is 0 Å². The molecule has 2 unspecified atom stereocenters. The molecule has 24 heavy (non-hydrogen) atoms. The first kappa shape index (κ1) is 17.8. The van der Waals surface area contributed by atoms with Crippen molar-refractivity contribution in [3.63, 3.8) is 0 Å². The topological polar surface area (TPSA) is 71.3 Å². The monoisotopic (exact) mass is 328 g/mol. The predicted molar refractivity (Wildman–Crippen MR) is 93.2 cm³/mol. The van der Waals surface area contributed by atoms with Crippen LogP contribution in [0, 0.1) is 19.8 Å². The van der Waals surface area contributed by atoms with Gasteiger partial charge in [-0.05, 0) is 39.3 Å². The summed E-state index contributed by atoms with van der Waals surface area (Å²) in [5, 5.41) is 11.8. The summed E-state index contributed by atoms with van der Waals surface area (Å²) < 4.78 is 2.09. The Kier molecular flexibility index (Phi) is 5.44. The van der Waals surface area contributed by atoms with Gasteiger partial charge in [0.25, 0.3) is 5.91 Å². The summed E-state index contributed by atoms with van der Waals surface area (Å²) in [6.45, 7) is 7.88. The maximum absolute atomic E-state index is 12.5. The van der Waals surface area contributed by atoms with Gasteiger partial charge in [-0.1, -0.05) is 30.3 Å². The molecule has 0 aliphatic rings. The maximum Gasteiger partial charge on any atom is 0.308 e. The molecule has 5 heteroatoms. The van der Waals surface area contributed by atoms with Gasteiger partial charge in [-0.25, -0.2) is 0 Å². The van der Waals surface area contributed by atoms with Gasteiger partial charge in [0.1, 0.15) is 0 Å². The first-order valence-corrected chi connectivity index (χ1v) is 8.05. The lowest BCUT2D eigenvalue weighted by atomic mass is 10.0. The number of hydrogen-bond donors (Lipinski definition) is 2. The van der Waals surface area contributed by atoms with E-state index in [2.05, 4.69) is 22.0 Å². The number of carboxylic acid groups (broad SMARTS) is 1. The normalized spacial score (nSPS) is 13.3. The second kappa shape index (κ2) is 7.34. The van der Waals surface area contributed by atoms with E-state index < -0.39 is 17.9 Å². The van der Waals surface area contributed by atoms with Crippen LogP contribution in [0.15, 0.2) is 36.4 Å². The van der Waals surface area contributed by atoms with Crippen molar-refractivity contribution in [2.24, 2.45) is 5.92 Å². The van der Waals surface area contributed by atoms with Gasteiger partial charge in [-0.2, -0.15) is 0 Å². The van der Waals surface area contributed by atoms with Gasteiger partial charge >= 0.3 is 5.97 Å². The van der Waals surface area contributed by atoms with Crippen molar-refractivity contribution in [1.82, 2.24) is 9.88 Å². The number of hydrogen-bond acceptors (Lipinski definition) is 2. The lowest BCUT2D eigenvalue weighted by Gasteiger charge is -2.17. The average molecular weight is 328 g/mol. The Balaban J connectivity index is 2.18. The number of carbonyl (C=O) groups excluding carboxylic acids is 1. The van der Waals surface area contributed by atoms with Crippen LogP contribution in [-0.2, 0) is 11.3 Å². The van der Waals surface area contributed by atoms with E-state index in [0.717, 1.165) is 11.4 Å².